The third kappa shape index (κ3) is 8.96. The van der Waals surface area contributed by atoms with Crippen LogP contribution in [0.4, 0.5) is 0 Å². The van der Waals surface area contributed by atoms with Crippen molar-refractivity contribution in [2.24, 2.45) is 11.8 Å². The number of allylic oxidation sites excluding steroid dienone is 1. The van der Waals surface area contributed by atoms with E-state index in [2.05, 4.69) is 46.0 Å². The molecule has 1 N–H and O–H groups in total. The van der Waals surface area contributed by atoms with Crippen molar-refractivity contribution in [3.63, 3.8) is 0 Å². The van der Waals surface area contributed by atoms with Crippen LogP contribution in [0.5, 0.6) is 0 Å². The zero-order valence-electron chi connectivity index (χ0n) is 12.0. The zero-order valence-corrected chi connectivity index (χ0v) is 12.0. The minimum Gasteiger partial charge on any atom is -0.313 e. The van der Waals surface area contributed by atoms with Gasteiger partial charge in [0.1, 0.15) is 0 Å². The van der Waals surface area contributed by atoms with E-state index in [1.807, 2.05) is 0 Å². The second-order valence-corrected chi connectivity index (χ2v) is 5.44. The summed E-state index contributed by atoms with van der Waals surface area (Å²) >= 11 is 0. The van der Waals surface area contributed by atoms with Crippen molar-refractivity contribution >= 4 is 0 Å². The van der Waals surface area contributed by atoms with Crippen LogP contribution in [0, 0.1) is 11.8 Å². The Labute approximate surface area is 103 Å². The molecule has 0 aromatic rings. The minimum atomic E-state index is 0.684. The molecule has 0 saturated carbocycles. The van der Waals surface area contributed by atoms with Gasteiger partial charge in [-0.05, 0) is 37.6 Å². The number of hydrogen-bond donors (Lipinski definition) is 1. The lowest BCUT2D eigenvalue weighted by molar-refractivity contribution is 0.556. The van der Waals surface area contributed by atoms with Gasteiger partial charge in [0, 0.05) is 6.54 Å². The molecule has 16 heavy (non-hydrogen) atoms. The Kier molecular flexibility index (Phi) is 9.71. The average molecular weight is 225 g/mol. The van der Waals surface area contributed by atoms with Crippen LogP contribution in [0.15, 0.2) is 11.6 Å². The molecule has 96 valence electrons. The molecule has 0 saturated heterocycles. The van der Waals surface area contributed by atoms with Crippen molar-refractivity contribution in [3.8, 4) is 0 Å². The van der Waals surface area contributed by atoms with Crippen molar-refractivity contribution in [2.75, 3.05) is 13.1 Å². The van der Waals surface area contributed by atoms with E-state index in [0.717, 1.165) is 19.0 Å². The highest BCUT2D eigenvalue weighted by Crippen LogP contribution is 2.13. The maximum absolute atomic E-state index is 3.50. The predicted octanol–water partition coefficient (Wildman–Crippen LogP) is 4.39. The normalized spacial score (nSPS) is 12.8. The van der Waals surface area contributed by atoms with Crippen LogP contribution in [-0.4, -0.2) is 13.1 Å². The lowest BCUT2D eigenvalue weighted by atomic mass is 9.99. The van der Waals surface area contributed by atoms with Gasteiger partial charge in [-0.1, -0.05) is 52.7 Å². The molecule has 0 aromatic carbocycles. The van der Waals surface area contributed by atoms with Crippen LogP contribution in [-0.2, 0) is 0 Å². The zero-order chi connectivity index (χ0) is 12.4. The summed E-state index contributed by atoms with van der Waals surface area (Å²) in [7, 11) is 0. The van der Waals surface area contributed by atoms with Gasteiger partial charge in [-0.25, -0.2) is 0 Å². The lowest BCUT2D eigenvalue weighted by Crippen LogP contribution is -2.20. The molecular formula is C15H31N. The van der Waals surface area contributed by atoms with Gasteiger partial charge in [-0.3, -0.25) is 0 Å². The van der Waals surface area contributed by atoms with Gasteiger partial charge in [0.2, 0.25) is 0 Å². The van der Waals surface area contributed by atoms with Crippen LogP contribution in [0.25, 0.3) is 0 Å². The fraction of sp³-hybridized carbons (Fsp3) is 0.867. The molecule has 0 aliphatic carbocycles. The van der Waals surface area contributed by atoms with E-state index < -0.39 is 0 Å². The summed E-state index contributed by atoms with van der Waals surface area (Å²) in [6, 6.07) is 0. The average Bonchev–Trinajstić information content (AvgIpc) is 2.21. The van der Waals surface area contributed by atoms with Crippen molar-refractivity contribution in [1.29, 1.82) is 0 Å². The fourth-order valence-corrected chi connectivity index (χ4v) is 1.74. The Bertz CT molecular complexity index is 180. The van der Waals surface area contributed by atoms with E-state index in [1.54, 1.807) is 5.57 Å². The highest BCUT2D eigenvalue weighted by molar-refractivity contribution is 5.06. The maximum Gasteiger partial charge on any atom is 0.0167 e. The lowest BCUT2D eigenvalue weighted by Gasteiger charge is -2.12. The van der Waals surface area contributed by atoms with Gasteiger partial charge in [-0.15, -0.1) is 0 Å². The summed E-state index contributed by atoms with van der Waals surface area (Å²) in [4.78, 5) is 0. The maximum atomic E-state index is 3.50. The Morgan fingerprint density at radius 1 is 1.19 bits per heavy atom. The Morgan fingerprint density at radius 3 is 2.38 bits per heavy atom. The van der Waals surface area contributed by atoms with Gasteiger partial charge in [0.05, 0.1) is 0 Å². The summed E-state index contributed by atoms with van der Waals surface area (Å²) in [6.45, 7) is 13.6. The van der Waals surface area contributed by atoms with Crippen LogP contribution in [0.3, 0.4) is 0 Å². The van der Waals surface area contributed by atoms with E-state index in [0.29, 0.717) is 5.92 Å². The topological polar surface area (TPSA) is 12.0 Å². The summed E-state index contributed by atoms with van der Waals surface area (Å²) < 4.78 is 0. The van der Waals surface area contributed by atoms with Crippen LogP contribution in [0.1, 0.15) is 60.3 Å². The highest BCUT2D eigenvalue weighted by Gasteiger charge is 2.02. The predicted molar refractivity (Wildman–Crippen MR) is 74.8 cm³/mol. The quantitative estimate of drug-likeness (QED) is 0.453. The summed E-state index contributed by atoms with van der Waals surface area (Å²) in [5, 5.41) is 3.50. The molecule has 1 nitrogen and oxygen atoms in total. The number of hydrogen-bond acceptors (Lipinski definition) is 1. The SMILES string of the molecule is CCCNC/C(=C\CCCC(C)C)C(C)C. The molecule has 0 rings (SSSR count). The fourth-order valence-electron chi connectivity index (χ4n) is 1.74. The molecular weight excluding hydrogens is 194 g/mol. The minimum absolute atomic E-state index is 0.684. The Balaban J connectivity index is 3.85. The van der Waals surface area contributed by atoms with Crippen molar-refractivity contribution < 1.29 is 0 Å². The number of nitrogens with one attached hydrogen (secondary N) is 1. The van der Waals surface area contributed by atoms with Gasteiger partial charge < -0.3 is 5.32 Å². The Hall–Kier alpha value is -0.300. The van der Waals surface area contributed by atoms with Crippen LogP contribution < -0.4 is 5.32 Å². The second-order valence-electron chi connectivity index (χ2n) is 5.44. The van der Waals surface area contributed by atoms with Crippen molar-refractivity contribution in [2.45, 2.75) is 60.3 Å². The number of unbranched alkanes of at least 4 members (excludes halogenated alkanes) is 1. The highest BCUT2D eigenvalue weighted by atomic mass is 14.8. The molecule has 0 unspecified atom stereocenters. The monoisotopic (exact) mass is 225 g/mol. The van der Waals surface area contributed by atoms with Gasteiger partial charge in [-0.2, -0.15) is 0 Å². The molecule has 0 fully saturated rings. The molecule has 0 amide bonds. The molecule has 0 spiro atoms. The van der Waals surface area contributed by atoms with Crippen molar-refractivity contribution in [1.82, 2.24) is 5.32 Å². The Morgan fingerprint density at radius 2 is 1.88 bits per heavy atom. The molecule has 0 atom stereocenters. The second kappa shape index (κ2) is 9.89. The van der Waals surface area contributed by atoms with E-state index in [9.17, 15) is 0 Å². The molecule has 0 aromatic heterocycles. The van der Waals surface area contributed by atoms with Gasteiger partial charge in [0.25, 0.3) is 0 Å². The summed E-state index contributed by atoms with van der Waals surface area (Å²) in [5.41, 5.74) is 1.58. The van der Waals surface area contributed by atoms with Crippen molar-refractivity contribution in [3.05, 3.63) is 11.6 Å². The van der Waals surface area contributed by atoms with Gasteiger partial charge in [0.15, 0.2) is 0 Å². The van der Waals surface area contributed by atoms with Crippen LogP contribution >= 0.6 is 0 Å². The van der Waals surface area contributed by atoms with E-state index >= 15 is 0 Å². The molecule has 1 heteroatoms. The van der Waals surface area contributed by atoms with Crippen LogP contribution in [0.2, 0.25) is 0 Å². The first-order valence-electron chi connectivity index (χ1n) is 6.97. The van der Waals surface area contributed by atoms with E-state index in [4.69, 9.17) is 0 Å². The smallest absolute Gasteiger partial charge is 0.0167 e. The molecule has 0 aliphatic rings. The largest absolute Gasteiger partial charge is 0.313 e. The van der Waals surface area contributed by atoms with Gasteiger partial charge >= 0.3 is 0 Å². The molecule has 0 heterocycles. The number of rotatable bonds is 9. The first-order valence-corrected chi connectivity index (χ1v) is 6.97. The first kappa shape index (κ1) is 15.7. The third-order valence-corrected chi connectivity index (χ3v) is 2.89. The molecule has 0 radical (unpaired) electrons. The molecule has 0 bridgehead atoms. The molecule has 0 aliphatic heterocycles. The van der Waals surface area contributed by atoms with E-state index in [-0.39, 0.29) is 0 Å². The first-order chi connectivity index (χ1) is 7.57. The summed E-state index contributed by atoms with van der Waals surface area (Å²) in [6.07, 6.45) is 7.61. The standard InChI is InChI=1S/C15H31N/c1-6-11-16-12-15(14(4)5)10-8-7-9-13(2)3/h10,13-14,16H,6-9,11-12H2,1-5H3/b15-10+. The third-order valence-electron chi connectivity index (χ3n) is 2.89. The van der Waals surface area contributed by atoms with E-state index in [1.165, 1.54) is 25.7 Å². The summed E-state index contributed by atoms with van der Waals surface area (Å²) in [5.74, 6) is 1.53.